The molecule has 28 heavy (non-hydrogen) atoms. The van der Waals surface area contributed by atoms with Crippen molar-refractivity contribution in [2.75, 3.05) is 0 Å². The van der Waals surface area contributed by atoms with E-state index in [9.17, 15) is 0 Å². The summed E-state index contributed by atoms with van der Waals surface area (Å²) < 4.78 is 2.34. The molecule has 0 atom stereocenters. The van der Waals surface area contributed by atoms with Crippen LogP contribution in [0.4, 0.5) is 0 Å². The van der Waals surface area contributed by atoms with Crippen LogP contribution in [-0.4, -0.2) is 4.57 Å². The lowest BCUT2D eigenvalue weighted by Crippen LogP contribution is -2.28. The third-order valence-corrected chi connectivity index (χ3v) is 4.75. The van der Waals surface area contributed by atoms with E-state index < -0.39 is 0 Å². The molecule has 0 saturated heterocycles. The number of hydrogen-bond acceptors (Lipinski definition) is 0. The Kier molecular flexibility index (Phi) is 6.29. The predicted molar refractivity (Wildman–Crippen MR) is 124 cm³/mol. The maximum atomic E-state index is 3.93. The molecule has 0 aliphatic carbocycles. The van der Waals surface area contributed by atoms with Crippen LogP contribution in [0, 0.1) is 0 Å². The van der Waals surface area contributed by atoms with E-state index in [1.807, 2.05) is 19.9 Å². The first kappa shape index (κ1) is 19.4. The number of nitrogens with zero attached hydrogens (tertiary/aromatic N) is 1. The summed E-state index contributed by atoms with van der Waals surface area (Å²) in [6.45, 7) is 10.0. The summed E-state index contributed by atoms with van der Waals surface area (Å²) in [6, 6.07) is 27.7. The van der Waals surface area contributed by atoms with Crippen LogP contribution in [0.2, 0.25) is 0 Å². The Bertz CT molecular complexity index is 1190. The molecule has 0 spiro atoms. The van der Waals surface area contributed by atoms with Crippen molar-refractivity contribution in [2.45, 2.75) is 20.8 Å². The van der Waals surface area contributed by atoms with Gasteiger partial charge < -0.3 is 4.57 Å². The zero-order chi connectivity index (χ0) is 19.9. The molecule has 0 radical (unpaired) electrons. The van der Waals surface area contributed by atoms with E-state index in [1.54, 1.807) is 0 Å². The normalized spacial score (nSPS) is 12.0. The lowest BCUT2D eigenvalue weighted by Gasteiger charge is -2.13. The summed E-state index contributed by atoms with van der Waals surface area (Å²) >= 11 is 0. The molecule has 140 valence electrons. The molecule has 0 N–H and O–H groups in total. The third kappa shape index (κ3) is 3.44. The minimum atomic E-state index is 1.16. The van der Waals surface area contributed by atoms with Gasteiger partial charge in [0.2, 0.25) is 0 Å². The molecule has 0 aliphatic rings. The first-order chi connectivity index (χ1) is 13.8. The summed E-state index contributed by atoms with van der Waals surface area (Å²) in [5.74, 6) is 0. The van der Waals surface area contributed by atoms with Crippen LogP contribution < -0.4 is 10.6 Å². The number of aromatic nitrogens is 1. The predicted octanol–water partition coefficient (Wildman–Crippen LogP) is 6.09. The number of fused-ring (bicyclic) bond motifs is 1. The molecule has 1 heterocycles. The summed E-state index contributed by atoms with van der Waals surface area (Å²) in [5.41, 5.74) is 4.82. The van der Waals surface area contributed by atoms with Crippen molar-refractivity contribution in [1.29, 1.82) is 0 Å². The number of para-hydroxylation sites is 2. The zero-order valence-corrected chi connectivity index (χ0v) is 16.9. The van der Waals surface area contributed by atoms with Crippen LogP contribution in [0.25, 0.3) is 39.9 Å². The van der Waals surface area contributed by atoms with Crippen molar-refractivity contribution >= 4 is 23.1 Å². The number of benzene rings is 3. The van der Waals surface area contributed by atoms with Gasteiger partial charge in [0.15, 0.2) is 0 Å². The molecule has 0 amide bonds. The van der Waals surface area contributed by atoms with Crippen LogP contribution >= 0.6 is 0 Å². The summed E-state index contributed by atoms with van der Waals surface area (Å²) in [7, 11) is 0. The Morgan fingerprint density at radius 1 is 0.786 bits per heavy atom. The van der Waals surface area contributed by atoms with E-state index in [0.29, 0.717) is 0 Å². The highest BCUT2D eigenvalue weighted by Crippen LogP contribution is 2.27. The minimum absolute atomic E-state index is 1.16. The maximum absolute atomic E-state index is 3.93. The van der Waals surface area contributed by atoms with Gasteiger partial charge in [0, 0.05) is 16.2 Å². The van der Waals surface area contributed by atoms with Crippen molar-refractivity contribution in [3.05, 3.63) is 102 Å². The van der Waals surface area contributed by atoms with Crippen molar-refractivity contribution < 1.29 is 0 Å². The van der Waals surface area contributed by atoms with E-state index in [4.69, 9.17) is 0 Å². The van der Waals surface area contributed by atoms with Gasteiger partial charge in [-0.15, -0.1) is 0 Å². The molecule has 1 aromatic heterocycles. The maximum Gasteiger partial charge on any atom is 0.0541 e. The minimum Gasteiger partial charge on any atom is -0.309 e. The fourth-order valence-corrected chi connectivity index (χ4v) is 3.65. The molecule has 0 aliphatic heterocycles. The SMILES string of the molecule is C=C/C=c1\c(=C/C)c2ccccc2n1-c1ccccc1-c1ccccc1.CC. The van der Waals surface area contributed by atoms with Gasteiger partial charge in [-0.3, -0.25) is 0 Å². The first-order valence-electron chi connectivity index (χ1n) is 9.88. The van der Waals surface area contributed by atoms with Crippen LogP contribution in [0.5, 0.6) is 0 Å². The molecule has 4 rings (SSSR count). The average Bonchev–Trinajstić information content (AvgIpc) is 3.09. The Balaban J connectivity index is 0.00000109. The fraction of sp³-hybridized carbons (Fsp3) is 0.111. The standard InChI is InChI=1S/C25H21N.C2H6/c1-3-12-23-20(4-2)22-16-9-11-18-25(22)26(23)24-17-10-8-15-21(24)19-13-6-5-7-14-19;1-2/h3-18H,1H2,2H3;1-2H3/b20-4-,23-12+;. The molecular weight excluding hydrogens is 338 g/mol. The second-order valence-electron chi connectivity index (χ2n) is 6.23. The van der Waals surface area contributed by atoms with Crippen molar-refractivity contribution in [2.24, 2.45) is 0 Å². The van der Waals surface area contributed by atoms with Crippen LogP contribution in [0.3, 0.4) is 0 Å². The smallest absolute Gasteiger partial charge is 0.0541 e. The van der Waals surface area contributed by atoms with Gasteiger partial charge in [0.05, 0.1) is 16.6 Å². The van der Waals surface area contributed by atoms with Gasteiger partial charge in [-0.1, -0.05) is 99.3 Å². The molecule has 0 fully saturated rings. The largest absolute Gasteiger partial charge is 0.309 e. The molecule has 0 bridgehead atoms. The van der Waals surface area contributed by atoms with Crippen molar-refractivity contribution in [3.63, 3.8) is 0 Å². The highest BCUT2D eigenvalue weighted by atomic mass is 15.0. The monoisotopic (exact) mass is 365 g/mol. The molecule has 0 unspecified atom stereocenters. The van der Waals surface area contributed by atoms with Gasteiger partial charge >= 0.3 is 0 Å². The van der Waals surface area contributed by atoms with Crippen molar-refractivity contribution in [3.8, 4) is 16.8 Å². The van der Waals surface area contributed by atoms with E-state index >= 15 is 0 Å². The molecule has 1 nitrogen and oxygen atoms in total. The topological polar surface area (TPSA) is 4.93 Å². The first-order valence-corrected chi connectivity index (χ1v) is 9.88. The number of rotatable bonds is 3. The van der Waals surface area contributed by atoms with Gasteiger partial charge in [-0.25, -0.2) is 0 Å². The lowest BCUT2D eigenvalue weighted by molar-refractivity contribution is 1.07. The number of allylic oxidation sites excluding steroid dienone is 1. The highest BCUT2D eigenvalue weighted by Gasteiger charge is 2.12. The van der Waals surface area contributed by atoms with Gasteiger partial charge in [-0.2, -0.15) is 0 Å². The average molecular weight is 366 g/mol. The van der Waals surface area contributed by atoms with E-state index in [2.05, 4.69) is 109 Å². The van der Waals surface area contributed by atoms with Gasteiger partial charge in [0.25, 0.3) is 0 Å². The quantitative estimate of drug-likeness (QED) is 0.414. The van der Waals surface area contributed by atoms with Gasteiger partial charge in [0.1, 0.15) is 0 Å². The Labute approximate surface area is 167 Å². The molecule has 0 saturated carbocycles. The van der Waals surface area contributed by atoms with Crippen LogP contribution in [-0.2, 0) is 0 Å². The van der Waals surface area contributed by atoms with E-state index in [0.717, 1.165) is 5.35 Å². The van der Waals surface area contributed by atoms with Crippen LogP contribution in [0.1, 0.15) is 20.8 Å². The Morgan fingerprint density at radius 2 is 1.43 bits per heavy atom. The van der Waals surface area contributed by atoms with Gasteiger partial charge in [-0.05, 0) is 30.7 Å². The molecule has 1 heteroatoms. The van der Waals surface area contributed by atoms with Crippen LogP contribution in [0.15, 0.2) is 91.5 Å². The third-order valence-electron chi connectivity index (χ3n) is 4.75. The molecule has 3 aromatic carbocycles. The van der Waals surface area contributed by atoms with E-state index in [-0.39, 0.29) is 0 Å². The fourth-order valence-electron chi connectivity index (χ4n) is 3.65. The summed E-state index contributed by atoms with van der Waals surface area (Å²) in [5, 5.41) is 3.65. The summed E-state index contributed by atoms with van der Waals surface area (Å²) in [4.78, 5) is 0. The highest BCUT2D eigenvalue weighted by molar-refractivity contribution is 5.86. The molecule has 4 aromatic rings. The Hall–Kier alpha value is -3.32. The lowest BCUT2D eigenvalue weighted by atomic mass is 10.0. The number of hydrogen-bond donors (Lipinski definition) is 0. The summed E-state index contributed by atoms with van der Waals surface area (Å²) in [6.07, 6.45) is 6.14. The second kappa shape index (κ2) is 9.05. The second-order valence-corrected chi connectivity index (χ2v) is 6.23. The molecular formula is C27H27N. The Morgan fingerprint density at radius 3 is 2.14 bits per heavy atom. The zero-order valence-electron chi connectivity index (χ0n) is 16.9. The van der Waals surface area contributed by atoms with Crippen molar-refractivity contribution in [1.82, 2.24) is 4.57 Å². The van der Waals surface area contributed by atoms with E-state index in [1.165, 1.54) is 32.9 Å².